The van der Waals surface area contributed by atoms with Crippen LogP contribution in [0.1, 0.15) is 37.0 Å². The van der Waals surface area contributed by atoms with Gasteiger partial charge in [0.1, 0.15) is 0 Å². The molecule has 4 heteroatoms. The fourth-order valence-corrected chi connectivity index (χ4v) is 1.61. The molecule has 0 saturated carbocycles. The summed E-state index contributed by atoms with van der Waals surface area (Å²) in [5.74, 6) is 0.0526. The van der Waals surface area contributed by atoms with Crippen LogP contribution in [0, 0.1) is 0 Å². The Morgan fingerprint density at radius 3 is 2.88 bits per heavy atom. The molecule has 94 valence electrons. The molecule has 0 spiro atoms. The lowest BCUT2D eigenvalue weighted by Gasteiger charge is -2.18. The predicted octanol–water partition coefficient (Wildman–Crippen LogP) is 2.39. The summed E-state index contributed by atoms with van der Waals surface area (Å²) in [4.78, 5) is 18.0. The molecule has 0 unspecified atom stereocenters. The van der Waals surface area contributed by atoms with E-state index in [1.165, 1.54) is 0 Å². The van der Waals surface area contributed by atoms with Gasteiger partial charge in [-0.1, -0.05) is 13.3 Å². The van der Waals surface area contributed by atoms with Crippen LogP contribution in [0.15, 0.2) is 18.5 Å². The predicted molar refractivity (Wildman–Crippen MR) is 70.3 cm³/mol. The zero-order chi connectivity index (χ0) is 12.7. The Morgan fingerprint density at radius 2 is 2.24 bits per heavy atom. The molecule has 0 saturated heterocycles. The summed E-state index contributed by atoms with van der Waals surface area (Å²) >= 11 is 0. The number of aromatic nitrogens is 1. The van der Waals surface area contributed by atoms with Gasteiger partial charge in [-0.3, -0.25) is 9.78 Å². The van der Waals surface area contributed by atoms with Gasteiger partial charge in [-0.25, -0.2) is 0 Å². The Bertz CT molecular complexity index is 365. The molecule has 1 amide bonds. The second kappa shape index (κ2) is 6.89. The Hall–Kier alpha value is -1.58. The standard InChI is InChI=1S/C13H21N3O/c1-4-6-9-16(3)13(17)11-7-8-14-10-12(11)15-5-2/h7-8,10,15H,4-6,9H2,1-3H3. The van der Waals surface area contributed by atoms with Crippen LogP contribution < -0.4 is 5.32 Å². The lowest BCUT2D eigenvalue weighted by Crippen LogP contribution is -2.28. The number of carbonyl (C=O) groups is 1. The molecular formula is C13H21N3O. The van der Waals surface area contributed by atoms with Crippen LogP contribution in [0.3, 0.4) is 0 Å². The Labute approximate surface area is 103 Å². The SMILES string of the molecule is CCCCN(C)C(=O)c1ccncc1NCC. The number of carbonyl (C=O) groups excluding carboxylic acids is 1. The van der Waals surface area contributed by atoms with Crippen molar-refractivity contribution in [2.75, 3.05) is 25.5 Å². The van der Waals surface area contributed by atoms with E-state index < -0.39 is 0 Å². The first-order valence-corrected chi connectivity index (χ1v) is 6.14. The number of anilines is 1. The van der Waals surface area contributed by atoms with Gasteiger partial charge in [-0.15, -0.1) is 0 Å². The third-order valence-corrected chi connectivity index (χ3v) is 2.61. The van der Waals surface area contributed by atoms with Crippen LogP contribution in [-0.4, -0.2) is 35.9 Å². The quantitative estimate of drug-likeness (QED) is 0.823. The smallest absolute Gasteiger partial charge is 0.255 e. The third kappa shape index (κ3) is 3.73. The highest BCUT2D eigenvalue weighted by molar-refractivity contribution is 5.99. The number of rotatable bonds is 6. The second-order valence-electron chi connectivity index (χ2n) is 4.03. The van der Waals surface area contributed by atoms with Crippen molar-refractivity contribution in [2.45, 2.75) is 26.7 Å². The zero-order valence-corrected chi connectivity index (χ0v) is 10.9. The Balaban J connectivity index is 2.80. The molecule has 0 atom stereocenters. The van der Waals surface area contributed by atoms with Crippen molar-refractivity contribution in [3.8, 4) is 0 Å². The maximum absolute atomic E-state index is 12.2. The maximum Gasteiger partial charge on any atom is 0.255 e. The molecular weight excluding hydrogens is 214 g/mol. The number of amides is 1. The second-order valence-corrected chi connectivity index (χ2v) is 4.03. The van der Waals surface area contributed by atoms with E-state index in [-0.39, 0.29) is 5.91 Å². The molecule has 1 aromatic heterocycles. The number of nitrogens with zero attached hydrogens (tertiary/aromatic N) is 2. The van der Waals surface area contributed by atoms with Crippen LogP contribution in [0.4, 0.5) is 5.69 Å². The molecule has 0 radical (unpaired) electrons. The molecule has 4 nitrogen and oxygen atoms in total. The van der Waals surface area contributed by atoms with E-state index in [1.807, 2.05) is 14.0 Å². The molecule has 0 aromatic carbocycles. The van der Waals surface area contributed by atoms with Gasteiger partial charge in [0.05, 0.1) is 17.4 Å². The summed E-state index contributed by atoms with van der Waals surface area (Å²) in [5.41, 5.74) is 1.50. The molecule has 1 aromatic rings. The molecule has 0 aliphatic rings. The first kappa shape index (κ1) is 13.5. The Morgan fingerprint density at radius 1 is 1.47 bits per heavy atom. The van der Waals surface area contributed by atoms with Crippen molar-refractivity contribution in [3.63, 3.8) is 0 Å². The van der Waals surface area contributed by atoms with E-state index in [4.69, 9.17) is 0 Å². The highest BCUT2D eigenvalue weighted by atomic mass is 16.2. The number of nitrogens with one attached hydrogen (secondary N) is 1. The van der Waals surface area contributed by atoms with E-state index in [0.29, 0.717) is 5.56 Å². The summed E-state index contributed by atoms with van der Waals surface area (Å²) < 4.78 is 0. The van der Waals surface area contributed by atoms with Crippen molar-refractivity contribution in [2.24, 2.45) is 0 Å². The molecule has 1 heterocycles. The van der Waals surface area contributed by atoms with E-state index >= 15 is 0 Å². The number of hydrogen-bond acceptors (Lipinski definition) is 3. The van der Waals surface area contributed by atoms with Gasteiger partial charge >= 0.3 is 0 Å². The lowest BCUT2D eigenvalue weighted by atomic mass is 10.2. The lowest BCUT2D eigenvalue weighted by molar-refractivity contribution is 0.0794. The normalized spacial score (nSPS) is 10.1. The van der Waals surface area contributed by atoms with Gasteiger partial charge < -0.3 is 10.2 Å². The zero-order valence-electron chi connectivity index (χ0n) is 10.9. The van der Waals surface area contributed by atoms with Gasteiger partial charge in [-0.2, -0.15) is 0 Å². The van der Waals surface area contributed by atoms with Crippen molar-refractivity contribution in [1.82, 2.24) is 9.88 Å². The number of unbranched alkanes of at least 4 members (excludes halogenated alkanes) is 1. The van der Waals surface area contributed by atoms with E-state index in [9.17, 15) is 4.79 Å². The fraction of sp³-hybridized carbons (Fsp3) is 0.538. The summed E-state index contributed by atoms with van der Waals surface area (Å²) in [7, 11) is 1.84. The maximum atomic E-state index is 12.2. The van der Waals surface area contributed by atoms with Gasteiger partial charge in [0, 0.05) is 26.3 Å². The summed E-state index contributed by atoms with van der Waals surface area (Å²) in [6.07, 6.45) is 5.48. The highest BCUT2D eigenvalue weighted by Gasteiger charge is 2.14. The highest BCUT2D eigenvalue weighted by Crippen LogP contribution is 2.15. The first-order chi connectivity index (χ1) is 8.20. The summed E-state index contributed by atoms with van der Waals surface area (Å²) in [6.45, 7) is 5.70. The molecule has 0 aliphatic carbocycles. The molecule has 1 rings (SSSR count). The van der Waals surface area contributed by atoms with Crippen molar-refractivity contribution in [1.29, 1.82) is 0 Å². The average molecular weight is 235 g/mol. The van der Waals surface area contributed by atoms with Crippen LogP contribution in [0.25, 0.3) is 0 Å². The van der Waals surface area contributed by atoms with Crippen LogP contribution in [-0.2, 0) is 0 Å². The molecule has 0 aliphatic heterocycles. The van der Waals surface area contributed by atoms with Gasteiger partial charge in [0.2, 0.25) is 0 Å². The van der Waals surface area contributed by atoms with Crippen LogP contribution in [0.5, 0.6) is 0 Å². The minimum absolute atomic E-state index is 0.0526. The van der Waals surface area contributed by atoms with Gasteiger partial charge in [0.15, 0.2) is 0 Å². The van der Waals surface area contributed by atoms with E-state index in [0.717, 1.165) is 31.6 Å². The number of hydrogen-bond donors (Lipinski definition) is 1. The third-order valence-electron chi connectivity index (χ3n) is 2.61. The van der Waals surface area contributed by atoms with Crippen molar-refractivity contribution < 1.29 is 4.79 Å². The van der Waals surface area contributed by atoms with E-state index in [2.05, 4.69) is 17.2 Å². The van der Waals surface area contributed by atoms with Crippen LogP contribution in [0.2, 0.25) is 0 Å². The number of pyridine rings is 1. The minimum Gasteiger partial charge on any atom is -0.383 e. The topological polar surface area (TPSA) is 45.2 Å². The fourth-order valence-electron chi connectivity index (χ4n) is 1.61. The van der Waals surface area contributed by atoms with Crippen LogP contribution >= 0.6 is 0 Å². The summed E-state index contributed by atoms with van der Waals surface area (Å²) in [6, 6.07) is 1.77. The van der Waals surface area contributed by atoms with Gasteiger partial charge in [-0.05, 0) is 19.4 Å². The molecule has 0 bridgehead atoms. The first-order valence-electron chi connectivity index (χ1n) is 6.14. The largest absolute Gasteiger partial charge is 0.383 e. The summed E-state index contributed by atoms with van der Waals surface area (Å²) in [5, 5.41) is 3.16. The average Bonchev–Trinajstić information content (AvgIpc) is 2.36. The Kier molecular flexibility index (Phi) is 5.46. The van der Waals surface area contributed by atoms with E-state index in [1.54, 1.807) is 23.4 Å². The molecule has 1 N–H and O–H groups in total. The monoisotopic (exact) mass is 235 g/mol. The van der Waals surface area contributed by atoms with Crippen molar-refractivity contribution >= 4 is 11.6 Å². The molecule has 17 heavy (non-hydrogen) atoms. The van der Waals surface area contributed by atoms with Gasteiger partial charge in [0.25, 0.3) is 5.91 Å². The minimum atomic E-state index is 0.0526. The molecule has 0 fully saturated rings. The van der Waals surface area contributed by atoms with Crippen molar-refractivity contribution in [3.05, 3.63) is 24.0 Å².